The van der Waals surface area contributed by atoms with E-state index in [0.29, 0.717) is 35.6 Å². The van der Waals surface area contributed by atoms with Crippen LogP contribution in [0.2, 0.25) is 0 Å². The van der Waals surface area contributed by atoms with Gasteiger partial charge in [-0.25, -0.2) is 26.8 Å². The molecule has 0 bridgehead atoms. The van der Waals surface area contributed by atoms with Crippen LogP contribution in [0.4, 0.5) is 23.5 Å². The minimum Gasteiger partial charge on any atom is -0.347 e. The smallest absolute Gasteiger partial charge is 0.260 e. The molecule has 3 aromatic heterocycles. The van der Waals surface area contributed by atoms with E-state index in [1.165, 1.54) is 23.9 Å². The third-order valence-electron chi connectivity index (χ3n) is 7.68. The Labute approximate surface area is 215 Å². The Hall–Kier alpha value is -3.79. The van der Waals surface area contributed by atoms with E-state index in [0.717, 1.165) is 30.3 Å². The molecular weight excluding hydrogens is 502 g/mol. The number of hydrogen-bond donors (Lipinski definition) is 1. The molecule has 4 heterocycles. The summed E-state index contributed by atoms with van der Waals surface area (Å²) in [6.45, 7) is 2.40. The zero-order valence-corrected chi connectivity index (χ0v) is 20.5. The van der Waals surface area contributed by atoms with E-state index in [4.69, 9.17) is 0 Å². The monoisotopic (exact) mass is 527 g/mol. The molecule has 0 amide bonds. The summed E-state index contributed by atoms with van der Waals surface area (Å²) >= 11 is 0. The highest BCUT2D eigenvalue weighted by molar-refractivity contribution is 5.89. The van der Waals surface area contributed by atoms with Crippen LogP contribution < -0.4 is 5.32 Å². The summed E-state index contributed by atoms with van der Waals surface area (Å²) in [7, 11) is 0. The van der Waals surface area contributed by atoms with E-state index >= 15 is 4.39 Å². The molecule has 13 heteroatoms. The van der Waals surface area contributed by atoms with Gasteiger partial charge in [0.05, 0.1) is 17.8 Å². The molecule has 1 unspecified atom stereocenters. The van der Waals surface area contributed by atoms with Gasteiger partial charge in [-0.2, -0.15) is 10.2 Å². The largest absolute Gasteiger partial charge is 0.347 e. The number of hydrogen-bond acceptors (Lipinski definition) is 7. The summed E-state index contributed by atoms with van der Waals surface area (Å²) in [4.78, 5) is 6.46. The second-order valence-corrected chi connectivity index (χ2v) is 9.99. The maximum absolute atomic E-state index is 15.3. The predicted molar refractivity (Wildman–Crippen MR) is 131 cm³/mol. The highest BCUT2D eigenvalue weighted by Gasteiger charge is 2.35. The maximum Gasteiger partial charge on any atom is 0.260 e. The number of anilines is 1. The van der Waals surface area contributed by atoms with Crippen LogP contribution in [0.25, 0.3) is 27.7 Å². The molecular formula is C25H25F4N9. The third kappa shape index (κ3) is 4.13. The van der Waals surface area contributed by atoms with Crippen molar-refractivity contribution in [3.05, 3.63) is 35.9 Å². The molecule has 9 nitrogen and oxygen atoms in total. The second kappa shape index (κ2) is 9.50. The fourth-order valence-electron chi connectivity index (χ4n) is 5.31. The van der Waals surface area contributed by atoms with Crippen LogP contribution in [0.3, 0.4) is 0 Å². The number of fused-ring (bicyclic) bond motifs is 2. The lowest BCUT2D eigenvalue weighted by atomic mass is 9.89. The molecule has 38 heavy (non-hydrogen) atoms. The van der Waals surface area contributed by atoms with Gasteiger partial charge in [-0.15, -0.1) is 10.2 Å². The number of halogens is 4. The highest BCUT2D eigenvalue weighted by Crippen LogP contribution is 2.34. The summed E-state index contributed by atoms with van der Waals surface area (Å²) in [5.74, 6) is -0.644. The van der Waals surface area contributed by atoms with E-state index in [2.05, 4.69) is 30.6 Å². The van der Waals surface area contributed by atoms with E-state index in [9.17, 15) is 18.4 Å². The minimum absolute atomic E-state index is 0.0313. The molecule has 1 saturated carbocycles. The van der Waals surface area contributed by atoms with Gasteiger partial charge in [0.15, 0.2) is 11.5 Å². The summed E-state index contributed by atoms with van der Waals surface area (Å²) < 4.78 is 59.2. The Kier molecular flexibility index (Phi) is 6.14. The Morgan fingerprint density at radius 2 is 2.03 bits per heavy atom. The first kappa shape index (κ1) is 24.5. The Bertz CT molecular complexity index is 1540. The van der Waals surface area contributed by atoms with Crippen LogP contribution >= 0.6 is 0 Å². The lowest BCUT2D eigenvalue weighted by Crippen LogP contribution is -2.53. The van der Waals surface area contributed by atoms with E-state index in [1.807, 2.05) is 6.07 Å². The number of nitriles is 1. The quantitative estimate of drug-likeness (QED) is 0.372. The number of nitrogens with one attached hydrogen (secondary N) is 1. The molecule has 1 aromatic carbocycles. The van der Waals surface area contributed by atoms with Crippen LogP contribution in [0.1, 0.15) is 44.3 Å². The average Bonchev–Trinajstić information content (AvgIpc) is 3.43. The van der Waals surface area contributed by atoms with Gasteiger partial charge >= 0.3 is 0 Å². The van der Waals surface area contributed by atoms with Gasteiger partial charge in [-0.1, -0.05) is 17.7 Å². The molecule has 2 aliphatic rings. The molecule has 3 atom stereocenters. The van der Waals surface area contributed by atoms with Crippen LogP contribution in [-0.4, -0.2) is 72.3 Å². The topological polar surface area (TPSA) is 100.0 Å². The lowest BCUT2D eigenvalue weighted by molar-refractivity contribution is 0.0552. The SMILES string of the molecule is C[C@@H](C(F)F)n1nnc2ccc(-c3c(F)cn4nc(NC5CCN(C6CCC6)C[C@@H]5F)nc(C#N)c34)cc21. The number of likely N-dealkylation sites (tertiary alicyclic amines) is 1. The van der Waals surface area contributed by atoms with Crippen molar-refractivity contribution in [2.45, 2.75) is 63.3 Å². The highest BCUT2D eigenvalue weighted by atomic mass is 19.3. The lowest BCUT2D eigenvalue weighted by Gasteiger charge is -2.43. The zero-order chi connectivity index (χ0) is 26.6. The first-order valence-electron chi connectivity index (χ1n) is 12.6. The molecule has 198 valence electrons. The Morgan fingerprint density at radius 1 is 1.21 bits per heavy atom. The summed E-state index contributed by atoms with van der Waals surface area (Å²) in [6, 6.07) is 5.31. The maximum atomic E-state index is 15.3. The number of alkyl halides is 3. The predicted octanol–water partition coefficient (Wildman–Crippen LogP) is 4.35. The van der Waals surface area contributed by atoms with E-state index in [1.54, 1.807) is 12.1 Å². The number of rotatable bonds is 6. The summed E-state index contributed by atoms with van der Waals surface area (Å²) in [6.07, 6.45) is 1.27. The van der Waals surface area contributed by atoms with Crippen LogP contribution in [-0.2, 0) is 0 Å². The van der Waals surface area contributed by atoms with Crippen molar-refractivity contribution in [2.24, 2.45) is 0 Å². The molecule has 0 radical (unpaired) electrons. The average molecular weight is 528 g/mol. The molecule has 2 fully saturated rings. The van der Waals surface area contributed by atoms with Crippen molar-refractivity contribution >= 4 is 22.5 Å². The number of piperidine rings is 1. The normalized spacial score (nSPS) is 21.6. The van der Waals surface area contributed by atoms with Crippen molar-refractivity contribution in [1.29, 1.82) is 5.26 Å². The van der Waals surface area contributed by atoms with Crippen molar-refractivity contribution < 1.29 is 17.6 Å². The summed E-state index contributed by atoms with van der Waals surface area (Å²) in [5.41, 5.74) is 1.07. The minimum atomic E-state index is -2.67. The van der Waals surface area contributed by atoms with Crippen LogP contribution in [0.15, 0.2) is 24.4 Å². The second-order valence-electron chi connectivity index (χ2n) is 9.99. The Morgan fingerprint density at radius 3 is 2.71 bits per heavy atom. The molecule has 1 aliphatic heterocycles. The van der Waals surface area contributed by atoms with Gasteiger partial charge in [-0.3, -0.25) is 4.90 Å². The summed E-state index contributed by atoms with van der Waals surface area (Å²) in [5, 5.41) is 24.9. The fourth-order valence-corrected chi connectivity index (χ4v) is 5.31. The molecule has 1 N–H and O–H groups in total. The molecule has 1 aliphatic carbocycles. The van der Waals surface area contributed by atoms with Crippen molar-refractivity contribution in [2.75, 3.05) is 18.4 Å². The zero-order valence-electron chi connectivity index (χ0n) is 20.5. The molecule has 6 rings (SSSR count). The number of benzene rings is 1. The fraction of sp³-hybridized carbons (Fsp3) is 0.480. The molecule has 1 saturated heterocycles. The van der Waals surface area contributed by atoms with Crippen LogP contribution in [0, 0.1) is 17.1 Å². The van der Waals surface area contributed by atoms with Gasteiger partial charge in [0, 0.05) is 24.7 Å². The van der Waals surface area contributed by atoms with Gasteiger partial charge in [0.2, 0.25) is 5.95 Å². The van der Waals surface area contributed by atoms with Crippen LogP contribution in [0.5, 0.6) is 0 Å². The first-order valence-corrected chi connectivity index (χ1v) is 12.6. The molecule has 4 aromatic rings. The number of aromatic nitrogens is 6. The van der Waals surface area contributed by atoms with Crippen molar-refractivity contribution in [3.63, 3.8) is 0 Å². The number of nitrogens with zero attached hydrogens (tertiary/aromatic N) is 8. The third-order valence-corrected chi connectivity index (χ3v) is 7.68. The standard InChI is InChI=1S/C25H25F4N9/c1-13(24(28)29)38-21-9-14(5-6-19(21)33-35-38)22-17(27)12-37-23(22)20(10-30)32-25(34-37)31-18-7-8-36(11-16(18)26)15-3-2-4-15/h5-6,9,12-13,15-16,18,24H,2-4,7-8,11H2,1H3,(H,31,34)/t13-,16-,18?/m0/s1. The van der Waals surface area contributed by atoms with Gasteiger partial charge in [0.25, 0.3) is 6.43 Å². The Balaban J connectivity index is 1.33. The van der Waals surface area contributed by atoms with Gasteiger partial charge < -0.3 is 5.32 Å². The van der Waals surface area contributed by atoms with Crippen molar-refractivity contribution in [3.8, 4) is 17.2 Å². The van der Waals surface area contributed by atoms with E-state index < -0.39 is 30.5 Å². The van der Waals surface area contributed by atoms with Gasteiger partial charge in [-0.05, 0) is 43.9 Å². The van der Waals surface area contributed by atoms with Gasteiger partial charge in [0.1, 0.15) is 29.3 Å². The van der Waals surface area contributed by atoms with Crippen molar-refractivity contribution in [1.82, 2.24) is 34.5 Å². The van der Waals surface area contributed by atoms with E-state index in [-0.39, 0.29) is 22.7 Å². The molecule has 0 spiro atoms. The first-order chi connectivity index (χ1) is 18.3.